The smallest absolute Gasteiger partial charge is 0.383 e. The van der Waals surface area contributed by atoms with Gasteiger partial charge in [0, 0.05) is 20.3 Å². The Morgan fingerprint density at radius 3 is 2.43 bits per heavy atom. The molecule has 7 heteroatoms. The van der Waals surface area contributed by atoms with E-state index in [9.17, 15) is 18.0 Å². The number of rotatable bonds is 1. The zero-order chi connectivity index (χ0) is 10.9. The van der Waals surface area contributed by atoms with Crippen molar-refractivity contribution in [3.05, 3.63) is 11.8 Å². The van der Waals surface area contributed by atoms with E-state index in [0.717, 1.165) is 6.20 Å². The molecule has 0 aromatic carbocycles. The van der Waals surface area contributed by atoms with Gasteiger partial charge in [0.25, 0.3) is 5.91 Å². The molecule has 0 aromatic rings. The second kappa shape index (κ2) is 3.32. The minimum absolute atomic E-state index is 0.470. The minimum atomic E-state index is -4.61. The second-order valence-electron chi connectivity index (χ2n) is 2.91. The van der Waals surface area contributed by atoms with Gasteiger partial charge in [-0.15, -0.1) is 0 Å². The fourth-order valence-electron chi connectivity index (χ4n) is 0.929. The average molecular weight is 207 g/mol. The predicted octanol–water partition coefficient (Wildman–Crippen LogP) is 0.480. The predicted molar refractivity (Wildman–Crippen MR) is 43.4 cm³/mol. The number of hydrogen-bond acceptors (Lipinski definition) is 3. The van der Waals surface area contributed by atoms with Gasteiger partial charge in [-0.2, -0.15) is 18.3 Å². The van der Waals surface area contributed by atoms with Crippen LogP contribution >= 0.6 is 0 Å². The number of hydrazone groups is 1. The molecule has 0 radical (unpaired) electrons. The molecule has 0 aliphatic carbocycles. The highest BCUT2D eigenvalue weighted by Crippen LogP contribution is 2.24. The third-order valence-corrected chi connectivity index (χ3v) is 1.42. The van der Waals surface area contributed by atoms with E-state index in [2.05, 4.69) is 5.10 Å². The van der Waals surface area contributed by atoms with Crippen LogP contribution in [-0.4, -0.2) is 36.8 Å². The first-order chi connectivity index (χ1) is 6.32. The molecule has 0 atom stereocenters. The molecule has 0 fully saturated rings. The summed E-state index contributed by atoms with van der Waals surface area (Å²) in [6.45, 7) is 0. The Bertz CT molecular complexity index is 317. The van der Waals surface area contributed by atoms with Crippen LogP contribution in [0.3, 0.4) is 0 Å². The van der Waals surface area contributed by atoms with Crippen LogP contribution in [0.25, 0.3) is 0 Å². The second-order valence-corrected chi connectivity index (χ2v) is 2.91. The van der Waals surface area contributed by atoms with Gasteiger partial charge >= 0.3 is 6.18 Å². The van der Waals surface area contributed by atoms with Crippen molar-refractivity contribution in [1.29, 1.82) is 0 Å². The number of alkyl halides is 3. The summed E-state index contributed by atoms with van der Waals surface area (Å²) in [5.74, 6) is -0.842. The Morgan fingerprint density at radius 1 is 1.43 bits per heavy atom. The molecule has 1 aliphatic heterocycles. The first-order valence-corrected chi connectivity index (χ1v) is 3.66. The molecule has 1 amide bonds. The maximum Gasteiger partial charge on any atom is 0.435 e. The molecule has 14 heavy (non-hydrogen) atoms. The van der Waals surface area contributed by atoms with Gasteiger partial charge in [0.1, 0.15) is 0 Å². The van der Waals surface area contributed by atoms with Gasteiger partial charge in [-0.3, -0.25) is 4.79 Å². The van der Waals surface area contributed by atoms with Crippen molar-refractivity contribution in [2.24, 2.45) is 5.10 Å². The minimum Gasteiger partial charge on any atom is -0.383 e. The molecule has 0 bridgehead atoms. The monoisotopic (exact) mass is 207 g/mol. The van der Waals surface area contributed by atoms with Crippen LogP contribution in [0.1, 0.15) is 0 Å². The lowest BCUT2D eigenvalue weighted by Gasteiger charge is -2.09. The molecular formula is C7H8F3N3O. The van der Waals surface area contributed by atoms with E-state index in [1.807, 2.05) is 0 Å². The van der Waals surface area contributed by atoms with Crippen LogP contribution in [0.2, 0.25) is 0 Å². The first-order valence-electron chi connectivity index (χ1n) is 3.66. The largest absolute Gasteiger partial charge is 0.435 e. The van der Waals surface area contributed by atoms with Crippen LogP contribution in [0.4, 0.5) is 13.2 Å². The standard InChI is InChI=1S/C7H8F3N3O/c1-13(2)3-4-5(7(8,9)10)11-12-6(4)14/h3H,1-2H3,(H,12,14). The Labute approximate surface area is 78.1 Å². The normalized spacial score (nSPS) is 19.6. The highest BCUT2D eigenvalue weighted by Gasteiger charge is 2.43. The van der Waals surface area contributed by atoms with Gasteiger partial charge in [-0.1, -0.05) is 0 Å². The molecule has 1 aliphatic rings. The Hall–Kier alpha value is -1.53. The van der Waals surface area contributed by atoms with Gasteiger partial charge in [-0.25, -0.2) is 5.43 Å². The van der Waals surface area contributed by atoms with Crippen LogP contribution < -0.4 is 5.43 Å². The zero-order valence-corrected chi connectivity index (χ0v) is 7.51. The molecule has 0 saturated carbocycles. The molecule has 4 nitrogen and oxygen atoms in total. The van der Waals surface area contributed by atoms with Gasteiger partial charge in [-0.05, 0) is 0 Å². The van der Waals surface area contributed by atoms with Crippen molar-refractivity contribution in [2.75, 3.05) is 14.1 Å². The van der Waals surface area contributed by atoms with Crippen LogP contribution in [-0.2, 0) is 4.79 Å². The van der Waals surface area contributed by atoms with Crippen molar-refractivity contribution in [3.8, 4) is 0 Å². The molecule has 0 aromatic heterocycles. The molecule has 1 heterocycles. The highest BCUT2D eigenvalue weighted by molar-refractivity contribution is 6.26. The van der Waals surface area contributed by atoms with E-state index in [0.29, 0.717) is 0 Å². The van der Waals surface area contributed by atoms with Gasteiger partial charge < -0.3 is 4.90 Å². The van der Waals surface area contributed by atoms with Crippen LogP contribution in [0.15, 0.2) is 16.9 Å². The summed E-state index contributed by atoms with van der Waals surface area (Å²) in [6.07, 6.45) is -3.53. The Kier molecular flexibility index (Phi) is 2.50. The third-order valence-electron chi connectivity index (χ3n) is 1.42. The van der Waals surface area contributed by atoms with Gasteiger partial charge in [0.2, 0.25) is 0 Å². The van der Waals surface area contributed by atoms with Crippen molar-refractivity contribution in [2.45, 2.75) is 6.18 Å². The highest BCUT2D eigenvalue weighted by atomic mass is 19.4. The molecule has 0 saturated heterocycles. The maximum atomic E-state index is 12.3. The molecule has 1 rings (SSSR count). The number of carbonyl (C=O) groups is 1. The number of nitrogens with zero attached hydrogens (tertiary/aromatic N) is 2. The third kappa shape index (κ3) is 2.04. The van der Waals surface area contributed by atoms with E-state index in [1.54, 1.807) is 5.43 Å². The summed E-state index contributed by atoms with van der Waals surface area (Å²) < 4.78 is 36.8. The van der Waals surface area contributed by atoms with E-state index in [1.165, 1.54) is 19.0 Å². The number of halogens is 3. The fraction of sp³-hybridized carbons (Fsp3) is 0.429. The van der Waals surface area contributed by atoms with E-state index >= 15 is 0 Å². The van der Waals surface area contributed by atoms with Crippen molar-refractivity contribution in [1.82, 2.24) is 10.3 Å². The van der Waals surface area contributed by atoms with Gasteiger partial charge in [0.15, 0.2) is 5.71 Å². The topological polar surface area (TPSA) is 44.7 Å². The van der Waals surface area contributed by atoms with E-state index in [-0.39, 0.29) is 0 Å². The fourth-order valence-corrected chi connectivity index (χ4v) is 0.929. The molecule has 1 N–H and O–H groups in total. The quantitative estimate of drug-likeness (QED) is 0.635. The summed E-state index contributed by atoms with van der Waals surface area (Å²) in [7, 11) is 3.04. The van der Waals surface area contributed by atoms with E-state index in [4.69, 9.17) is 0 Å². The summed E-state index contributed by atoms with van der Waals surface area (Å²) in [5.41, 5.74) is 0.112. The average Bonchev–Trinajstić information content (AvgIpc) is 2.30. The lowest BCUT2D eigenvalue weighted by atomic mass is 10.1. The zero-order valence-electron chi connectivity index (χ0n) is 7.51. The maximum absolute atomic E-state index is 12.3. The Morgan fingerprint density at radius 2 is 2.00 bits per heavy atom. The number of nitrogens with one attached hydrogen (secondary N) is 1. The number of carbonyl (C=O) groups excluding carboxylic acids is 1. The molecule has 78 valence electrons. The molecular weight excluding hydrogens is 199 g/mol. The molecule has 0 unspecified atom stereocenters. The molecule has 0 spiro atoms. The summed E-state index contributed by atoms with van der Waals surface area (Å²) in [5, 5.41) is 2.92. The van der Waals surface area contributed by atoms with Crippen LogP contribution in [0, 0.1) is 0 Å². The van der Waals surface area contributed by atoms with E-state index < -0.39 is 23.4 Å². The lowest BCUT2D eigenvalue weighted by molar-refractivity contribution is -0.116. The lowest BCUT2D eigenvalue weighted by Crippen LogP contribution is -2.26. The number of hydrogen-bond donors (Lipinski definition) is 1. The summed E-state index contributed by atoms with van der Waals surface area (Å²) in [6, 6.07) is 0. The Balaban J connectivity index is 3.04. The SMILES string of the molecule is CN(C)C=C1C(=O)NN=C1C(F)(F)F. The number of amides is 1. The van der Waals surface area contributed by atoms with Crippen LogP contribution in [0.5, 0.6) is 0 Å². The first kappa shape index (κ1) is 10.6. The van der Waals surface area contributed by atoms with Gasteiger partial charge in [0.05, 0.1) is 5.57 Å². The van der Waals surface area contributed by atoms with Crippen molar-refractivity contribution < 1.29 is 18.0 Å². The van der Waals surface area contributed by atoms with Crippen molar-refractivity contribution in [3.63, 3.8) is 0 Å². The summed E-state index contributed by atoms with van der Waals surface area (Å²) >= 11 is 0. The summed E-state index contributed by atoms with van der Waals surface area (Å²) in [4.78, 5) is 12.3. The van der Waals surface area contributed by atoms with Crippen molar-refractivity contribution >= 4 is 11.6 Å².